The zero-order chi connectivity index (χ0) is 21.5. The summed E-state index contributed by atoms with van der Waals surface area (Å²) in [6, 6.07) is 11.0. The van der Waals surface area contributed by atoms with Crippen molar-refractivity contribution < 1.29 is 23.6 Å². The molecule has 154 valence electrons. The fraction of sp³-hybridized carbons (Fsp3) is 0.150. The van der Waals surface area contributed by atoms with Crippen LogP contribution in [0.4, 0.5) is 5.69 Å². The van der Waals surface area contributed by atoms with Gasteiger partial charge in [0.15, 0.2) is 6.61 Å². The second kappa shape index (κ2) is 9.70. The van der Waals surface area contributed by atoms with Crippen molar-refractivity contribution in [1.82, 2.24) is 10.1 Å². The maximum absolute atomic E-state index is 12.4. The number of amides is 2. The van der Waals surface area contributed by atoms with Crippen LogP contribution in [-0.2, 0) is 15.3 Å². The molecule has 0 unspecified atom stereocenters. The molecule has 10 heteroatoms. The molecule has 1 aromatic carbocycles. The SMILES string of the molecule is Cc1cc(CSc2ncccc2C(=O)OCC(=O)Nc2ccc(C(N)=O)cc2)no1. The van der Waals surface area contributed by atoms with E-state index in [9.17, 15) is 14.4 Å². The molecular weight excluding hydrogens is 408 g/mol. The lowest BCUT2D eigenvalue weighted by molar-refractivity contribution is -0.119. The number of carbonyl (C=O) groups excluding carboxylic acids is 3. The van der Waals surface area contributed by atoms with Gasteiger partial charge in [0, 0.05) is 29.3 Å². The average Bonchev–Trinajstić information content (AvgIpc) is 3.16. The number of nitrogens with two attached hydrogens (primary N) is 1. The molecule has 0 radical (unpaired) electrons. The molecule has 0 saturated carbocycles. The Hall–Kier alpha value is -3.66. The fourth-order valence-electron chi connectivity index (χ4n) is 2.41. The van der Waals surface area contributed by atoms with Crippen LogP contribution in [0, 0.1) is 6.92 Å². The van der Waals surface area contributed by atoms with Gasteiger partial charge in [-0.1, -0.05) is 16.9 Å². The Labute approximate surface area is 176 Å². The summed E-state index contributed by atoms with van der Waals surface area (Å²) in [4.78, 5) is 39.7. The first-order valence-corrected chi connectivity index (χ1v) is 9.78. The molecule has 0 aliphatic carbocycles. The van der Waals surface area contributed by atoms with Gasteiger partial charge in [-0.3, -0.25) is 9.59 Å². The molecule has 0 fully saturated rings. The number of aromatic nitrogens is 2. The van der Waals surface area contributed by atoms with Crippen LogP contribution in [0.3, 0.4) is 0 Å². The van der Waals surface area contributed by atoms with E-state index in [-0.39, 0.29) is 5.56 Å². The number of pyridine rings is 1. The summed E-state index contributed by atoms with van der Waals surface area (Å²) in [7, 11) is 0. The summed E-state index contributed by atoms with van der Waals surface area (Å²) >= 11 is 1.31. The molecule has 0 atom stereocenters. The maximum atomic E-state index is 12.4. The summed E-state index contributed by atoms with van der Waals surface area (Å²) in [5, 5.41) is 6.94. The van der Waals surface area contributed by atoms with Crippen LogP contribution in [0.1, 0.15) is 32.2 Å². The smallest absolute Gasteiger partial charge is 0.341 e. The fourth-order valence-corrected chi connectivity index (χ4v) is 3.28. The van der Waals surface area contributed by atoms with Gasteiger partial charge in [-0.05, 0) is 43.3 Å². The third kappa shape index (κ3) is 5.67. The van der Waals surface area contributed by atoms with Gasteiger partial charge < -0.3 is 20.3 Å². The number of carbonyl (C=O) groups is 3. The summed E-state index contributed by atoms with van der Waals surface area (Å²) in [6.07, 6.45) is 1.57. The molecule has 0 saturated heterocycles. The normalized spacial score (nSPS) is 10.4. The van der Waals surface area contributed by atoms with E-state index in [1.54, 1.807) is 31.3 Å². The summed E-state index contributed by atoms with van der Waals surface area (Å²) < 4.78 is 10.1. The number of thioether (sulfide) groups is 1. The van der Waals surface area contributed by atoms with E-state index < -0.39 is 24.4 Å². The van der Waals surface area contributed by atoms with Crippen LogP contribution >= 0.6 is 11.8 Å². The van der Waals surface area contributed by atoms with Crippen LogP contribution < -0.4 is 11.1 Å². The highest BCUT2D eigenvalue weighted by atomic mass is 32.2. The lowest BCUT2D eigenvalue weighted by Crippen LogP contribution is -2.21. The second-order valence-corrected chi connectivity index (χ2v) is 7.10. The number of anilines is 1. The van der Waals surface area contributed by atoms with Crippen LogP contribution in [0.5, 0.6) is 0 Å². The standard InChI is InChI=1S/C20H18N4O5S/c1-12-9-15(24-29-12)11-30-19-16(3-2-8-22-19)20(27)28-10-17(25)23-14-6-4-13(5-7-14)18(21)26/h2-9H,10-11H2,1H3,(H2,21,26)(H,23,25). The number of ether oxygens (including phenoxy) is 1. The number of benzene rings is 1. The molecule has 2 heterocycles. The number of nitrogens with zero attached hydrogens (tertiary/aromatic N) is 2. The van der Waals surface area contributed by atoms with Crippen molar-refractivity contribution in [3.05, 3.63) is 71.2 Å². The van der Waals surface area contributed by atoms with E-state index in [4.69, 9.17) is 15.0 Å². The number of esters is 1. The summed E-state index contributed by atoms with van der Waals surface area (Å²) in [6.45, 7) is 1.32. The molecule has 9 nitrogen and oxygen atoms in total. The topological polar surface area (TPSA) is 137 Å². The predicted molar refractivity (Wildman–Crippen MR) is 109 cm³/mol. The number of hydrogen-bond donors (Lipinski definition) is 2. The Kier molecular flexibility index (Phi) is 6.81. The molecule has 0 spiro atoms. The van der Waals surface area contributed by atoms with Crippen molar-refractivity contribution in [2.24, 2.45) is 5.73 Å². The van der Waals surface area contributed by atoms with Gasteiger partial charge in [0.2, 0.25) is 5.91 Å². The zero-order valence-electron chi connectivity index (χ0n) is 16.0. The van der Waals surface area contributed by atoms with Crippen LogP contribution in [-0.4, -0.2) is 34.5 Å². The highest BCUT2D eigenvalue weighted by Crippen LogP contribution is 2.24. The molecule has 0 aliphatic rings. The first-order valence-electron chi connectivity index (χ1n) is 8.79. The van der Waals surface area contributed by atoms with Gasteiger partial charge in [0.1, 0.15) is 10.8 Å². The average molecular weight is 426 g/mol. The van der Waals surface area contributed by atoms with Crippen molar-refractivity contribution >= 4 is 35.2 Å². The number of rotatable bonds is 8. The molecule has 2 aromatic heterocycles. The minimum Gasteiger partial charge on any atom is -0.452 e. The van der Waals surface area contributed by atoms with E-state index >= 15 is 0 Å². The monoisotopic (exact) mass is 426 g/mol. The molecule has 3 N–H and O–H groups in total. The van der Waals surface area contributed by atoms with Crippen molar-refractivity contribution in [1.29, 1.82) is 0 Å². The first-order chi connectivity index (χ1) is 14.4. The van der Waals surface area contributed by atoms with E-state index in [2.05, 4.69) is 15.5 Å². The van der Waals surface area contributed by atoms with Gasteiger partial charge in [0.25, 0.3) is 5.91 Å². The third-order valence-electron chi connectivity index (χ3n) is 3.81. The summed E-state index contributed by atoms with van der Waals surface area (Å²) in [5.74, 6) is -0.587. The zero-order valence-corrected chi connectivity index (χ0v) is 16.8. The third-order valence-corrected chi connectivity index (χ3v) is 4.85. The summed E-state index contributed by atoms with van der Waals surface area (Å²) in [5.41, 5.74) is 6.91. The largest absolute Gasteiger partial charge is 0.452 e. The van der Waals surface area contributed by atoms with E-state index in [1.807, 2.05) is 0 Å². The molecule has 3 rings (SSSR count). The lowest BCUT2D eigenvalue weighted by atomic mass is 10.2. The maximum Gasteiger partial charge on any atom is 0.341 e. The Bertz CT molecular complexity index is 1070. The molecule has 3 aromatic rings. The lowest BCUT2D eigenvalue weighted by Gasteiger charge is -2.09. The molecule has 0 bridgehead atoms. The molecule has 2 amide bonds. The van der Waals surface area contributed by atoms with E-state index in [0.29, 0.717) is 27.8 Å². The van der Waals surface area contributed by atoms with Crippen molar-refractivity contribution in [3.8, 4) is 0 Å². The minimum absolute atomic E-state index is 0.251. The quantitative estimate of drug-likeness (QED) is 0.414. The number of hydrogen-bond acceptors (Lipinski definition) is 8. The van der Waals surface area contributed by atoms with Gasteiger partial charge in [-0.25, -0.2) is 9.78 Å². The Morgan fingerprint density at radius 1 is 1.20 bits per heavy atom. The predicted octanol–water partition coefficient (Wildman–Crippen LogP) is 2.56. The van der Waals surface area contributed by atoms with Gasteiger partial charge >= 0.3 is 5.97 Å². The van der Waals surface area contributed by atoms with Gasteiger partial charge in [-0.15, -0.1) is 0 Å². The number of primary amides is 1. The van der Waals surface area contributed by atoms with Crippen molar-refractivity contribution in [3.63, 3.8) is 0 Å². The molecule has 0 aliphatic heterocycles. The van der Waals surface area contributed by atoms with Crippen LogP contribution in [0.25, 0.3) is 0 Å². The van der Waals surface area contributed by atoms with Crippen molar-refractivity contribution in [2.75, 3.05) is 11.9 Å². The van der Waals surface area contributed by atoms with E-state index in [1.165, 1.54) is 36.0 Å². The number of nitrogens with one attached hydrogen (secondary N) is 1. The Morgan fingerprint density at radius 2 is 1.97 bits per heavy atom. The van der Waals surface area contributed by atoms with Gasteiger partial charge in [-0.2, -0.15) is 0 Å². The number of aryl methyl sites for hydroxylation is 1. The molecule has 30 heavy (non-hydrogen) atoms. The van der Waals surface area contributed by atoms with E-state index in [0.717, 1.165) is 5.69 Å². The van der Waals surface area contributed by atoms with Crippen LogP contribution in [0.2, 0.25) is 0 Å². The van der Waals surface area contributed by atoms with Crippen LogP contribution in [0.15, 0.2) is 58.2 Å². The van der Waals surface area contributed by atoms with Gasteiger partial charge in [0.05, 0.1) is 11.3 Å². The highest BCUT2D eigenvalue weighted by Gasteiger charge is 2.16. The molecular formula is C20H18N4O5S. The van der Waals surface area contributed by atoms with Crippen molar-refractivity contribution in [2.45, 2.75) is 17.7 Å². The Balaban J connectivity index is 1.55. The second-order valence-electron chi connectivity index (χ2n) is 6.14. The highest BCUT2D eigenvalue weighted by molar-refractivity contribution is 7.98. The first kappa shape index (κ1) is 21.1. The Morgan fingerprint density at radius 3 is 2.63 bits per heavy atom. The minimum atomic E-state index is -0.666.